The monoisotopic (exact) mass is 397 g/mol. The zero-order chi connectivity index (χ0) is 18.2. The average Bonchev–Trinajstić information content (AvgIpc) is 2.62. The fraction of sp³-hybridized carbons (Fsp3) is 0.278. The van der Waals surface area contributed by atoms with Crippen LogP contribution in [0.25, 0.3) is 0 Å². The summed E-state index contributed by atoms with van der Waals surface area (Å²) in [4.78, 5) is 29.2. The zero-order valence-electron chi connectivity index (χ0n) is 16.0. The third-order valence-electron chi connectivity index (χ3n) is 3.43. The lowest BCUT2D eigenvalue weighted by atomic mass is 10.1. The molecule has 0 saturated heterocycles. The molecule has 10 nitrogen and oxygen atoms in total. The van der Waals surface area contributed by atoms with Gasteiger partial charge >= 0.3 is 5.97 Å². The lowest BCUT2D eigenvalue weighted by molar-refractivity contribution is -0.143. The number of aromatic nitrogens is 1. The van der Waals surface area contributed by atoms with E-state index in [1.54, 1.807) is 44.6 Å². The molecule has 1 aromatic heterocycles. The van der Waals surface area contributed by atoms with Gasteiger partial charge in [0.1, 0.15) is 12.3 Å². The Kier molecular flexibility index (Phi) is 12.6. The van der Waals surface area contributed by atoms with Crippen LogP contribution in [-0.2, 0) is 9.53 Å². The molecule has 7 N–H and O–H groups in total. The standard InChI is InChI=1S/C18H21N3O4.3H2O/c1-4-25-17(22)12-21(2)18(23)13-5-6-15(16(11-13)24-3)20-14-7-9-19-10-8-14;;;/h5-11H,4,12H2,1-3H3,(H,19,20);3*1H2. The lowest BCUT2D eigenvalue weighted by Gasteiger charge is -2.17. The number of rotatable bonds is 7. The fourth-order valence-electron chi connectivity index (χ4n) is 2.21. The van der Waals surface area contributed by atoms with Crippen LogP contribution in [0.4, 0.5) is 11.4 Å². The van der Waals surface area contributed by atoms with Gasteiger partial charge < -0.3 is 36.1 Å². The van der Waals surface area contributed by atoms with Crippen LogP contribution in [0.15, 0.2) is 42.7 Å². The first kappa shape index (κ1) is 27.0. The summed E-state index contributed by atoms with van der Waals surface area (Å²) in [6.07, 6.45) is 3.36. The molecule has 156 valence electrons. The molecule has 28 heavy (non-hydrogen) atoms. The highest BCUT2D eigenvalue weighted by Gasteiger charge is 2.17. The predicted molar refractivity (Wildman–Crippen MR) is 105 cm³/mol. The Labute approximate surface area is 163 Å². The van der Waals surface area contributed by atoms with Crippen LogP contribution in [0.1, 0.15) is 17.3 Å². The first-order chi connectivity index (χ1) is 12.0. The van der Waals surface area contributed by atoms with Crippen molar-refractivity contribution in [2.45, 2.75) is 6.92 Å². The van der Waals surface area contributed by atoms with Gasteiger partial charge in [0.05, 0.1) is 19.4 Å². The Hall–Kier alpha value is -3.21. The van der Waals surface area contributed by atoms with E-state index in [1.165, 1.54) is 12.0 Å². The summed E-state index contributed by atoms with van der Waals surface area (Å²) in [6.45, 7) is 1.90. The molecule has 0 unspecified atom stereocenters. The Bertz CT molecular complexity index is 741. The summed E-state index contributed by atoms with van der Waals surface area (Å²) in [5.41, 5.74) is 1.99. The number of nitrogens with one attached hydrogen (secondary N) is 1. The highest BCUT2D eigenvalue weighted by Crippen LogP contribution is 2.28. The van der Waals surface area contributed by atoms with E-state index >= 15 is 0 Å². The molecule has 1 amide bonds. The average molecular weight is 397 g/mol. The highest BCUT2D eigenvalue weighted by molar-refractivity contribution is 5.96. The second kappa shape index (κ2) is 13.0. The molecular formula is C18H27N3O7. The van der Waals surface area contributed by atoms with E-state index in [0.717, 1.165) is 11.4 Å². The van der Waals surface area contributed by atoms with E-state index in [-0.39, 0.29) is 35.5 Å². The van der Waals surface area contributed by atoms with Gasteiger partial charge in [-0.05, 0) is 37.3 Å². The van der Waals surface area contributed by atoms with E-state index in [0.29, 0.717) is 11.3 Å². The molecule has 1 heterocycles. The number of amides is 1. The molecule has 1 aromatic carbocycles. The molecule has 0 bridgehead atoms. The molecule has 0 saturated carbocycles. The summed E-state index contributed by atoms with van der Waals surface area (Å²) in [7, 11) is 3.08. The van der Waals surface area contributed by atoms with Crippen molar-refractivity contribution in [3.05, 3.63) is 48.3 Å². The number of methoxy groups -OCH3 is 1. The largest absolute Gasteiger partial charge is 0.495 e. The minimum atomic E-state index is -0.443. The van der Waals surface area contributed by atoms with Crippen LogP contribution in [0.5, 0.6) is 5.75 Å². The summed E-state index contributed by atoms with van der Waals surface area (Å²) in [6, 6.07) is 8.71. The van der Waals surface area contributed by atoms with Crippen LogP contribution < -0.4 is 10.1 Å². The second-order valence-electron chi connectivity index (χ2n) is 5.24. The lowest BCUT2D eigenvalue weighted by Crippen LogP contribution is -2.33. The number of nitrogens with zero attached hydrogens (tertiary/aromatic N) is 2. The minimum Gasteiger partial charge on any atom is -0.495 e. The number of esters is 1. The van der Waals surface area contributed by atoms with Crippen molar-refractivity contribution in [3.8, 4) is 5.75 Å². The van der Waals surface area contributed by atoms with E-state index in [1.807, 2.05) is 12.1 Å². The first-order valence-electron chi connectivity index (χ1n) is 7.81. The van der Waals surface area contributed by atoms with Crippen LogP contribution >= 0.6 is 0 Å². The normalized spacial score (nSPS) is 8.96. The maximum absolute atomic E-state index is 12.5. The number of hydrogen-bond donors (Lipinski definition) is 1. The molecule has 0 aliphatic rings. The summed E-state index contributed by atoms with van der Waals surface area (Å²) in [5, 5.41) is 3.20. The maximum atomic E-state index is 12.5. The van der Waals surface area contributed by atoms with Gasteiger partial charge in [0.25, 0.3) is 5.91 Å². The van der Waals surface area contributed by atoms with Crippen molar-refractivity contribution in [1.29, 1.82) is 0 Å². The van der Waals surface area contributed by atoms with Crippen molar-refractivity contribution in [3.63, 3.8) is 0 Å². The molecule has 2 rings (SSSR count). The van der Waals surface area contributed by atoms with Gasteiger partial charge in [0, 0.05) is 30.7 Å². The van der Waals surface area contributed by atoms with Gasteiger partial charge in [-0.15, -0.1) is 0 Å². The molecule has 0 spiro atoms. The third kappa shape index (κ3) is 7.19. The van der Waals surface area contributed by atoms with Crippen LogP contribution in [0.3, 0.4) is 0 Å². The maximum Gasteiger partial charge on any atom is 0.325 e. The second-order valence-corrected chi connectivity index (χ2v) is 5.24. The summed E-state index contributed by atoms with van der Waals surface area (Å²) < 4.78 is 10.2. The van der Waals surface area contributed by atoms with Crippen LogP contribution in [0.2, 0.25) is 0 Å². The van der Waals surface area contributed by atoms with E-state index < -0.39 is 5.97 Å². The molecule has 0 radical (unpaired) electrons. The summed E-state index contributed by atoms with van der Waals surface area (Å²) >= 11 is 0. The number of hydrogen-bond acceptors (Lipinski definition) is 6. The van der Waals surface area contributed by atoms with Gasteiger partial charge in [0.15, 0.2) is 0 Å². The number of carbonyl (C=O) groups is 2. The van der Waals surface area contributed by atoms with Crippen molar-refractivity contribution in [1.82, 2.24) is 9.88 Å². The smallest absolute Gasteiger partial charge is 0.325 e. The van der Waals surface area contributed by atoms with Gasteiger partial charge in [-0.3, -0.25) is 14.6 Å². The molecular weight excluding hydrogens is 370 g/mol. The quantitative estimate of drug-likeness (QED) is 0.643. The van der Waals surface area contributed by atoms with Gasteiger partial charge in [-0.25, -0.2) is 0 Å². The Morgan fingerprint density at radius 1 is 1.11 bits per heavy atom. The molecule has 0 fully saturated rings. The van der Waals surface area contributed by atoms with Crippen LogP contribution in [0, 0.1) is 0 Å². The zero-order valence-corrected chi connectivity index (χ0v) is 16.0. The molecule has 0 aliphatic carbocycles. The number of pyridine rings is 1. The van der Waals surface area contributed by atoms with Gasteiger partial charge in [-0.2, -0.15) is 0 Å². The number of likely N-dealkylation sites (N-methyl/N-ethyl adjacent to an activating group) is 1. The van der Waals surface area contributed by atoms with Crippen LogP contribution in [-0.4, -0.2) is 65.5 Å². The Balaban J connectivity index is 0. The first-order valence-corrected chi connectivity index (χ1v) is 7.81. The third-order valence-corrected chi connectivity index (χ3v) is 3.43. The van der Waals surface area contributed by atoms with Crippen molar-refractivity contribution >= 4 is 23.3 Å². The van der Waals surface area contributed by atoms with Gasteiger partial charge in [-0.1, -0.05) is 0 Å². The van der Waals surface area contributed by atoms with Crippen molar-refractivity contribution in [2.75, 3.05) is 32.6 Å². The predicted octanol–water partition coefficient (Wildman–Crippen LogP) is -0.00520. The van der Waals surface area contributed by atoms with E-state index in [9.17, 15) is 9.59 Å². The van der Waals surface area contributed by atoms with E-state index in [4.69, 9.17) is 9.47 Å². The Morgan fingerprint density at radius 3 is 2.32 bits per heavy atom. The highest BCUT2D eigenvalue weighted by atomic mass is 16.5. The van der Waals surface area contributed by atoms with E-state index in [2.05, 4.69) is 10.3 Å². The number of ether oxygens (including phenoxy) is 2. The molecule has 2 aromatic rings. The van der Waals surface area contributed by atoms with Crippen molar-refractivity contribution in [2.24, 2.45) is 0 Å². The van der Waals surface area contributed by atoms with Gasteiger partial charge in [0.2, 0.25) is 0 Å². The molecule has 10 heteroatoms. The Morgan fingerprint density at radius 2 is 1.75 bits per heavy atom. The molecule has 0 atom stereocenters. The van der Waals surface area contributed by atoms with Crippen molar-refractivity contribution < 1.29 is 35.5 Å². The SMILES string of the molecule is CCOC(=O)CN(C)C(=O)c1ccc(Nc2ccncc2)c(OC)c1.O.O.O. The minimum absolute atomic E-state index is 0. The number of anilines is 2. The number of carbonyl (C=O) groups excluding carboxylic acids is 2. The topological polar surface area (TPSA) is 175 Å². The number of benzene rings is 1. The molecule has 0 aliphatic heterocycles. The summed E-state index contributed by atoms with van der Waals surface area (Å²) in [5.74, 6) is -0.213. The fourth-order valence-corrected chi connectivity index (χ4v) is 2.21.